The minimum absolute atomic E-state index is 0.243. The number of piperazine rings is 1. The fourth-order valence-electron chi connectivity index (χ4n) is 4.92. The van der Waals surface area contributed by atoms with E-state index in [1.807, 2.05) is 0 Å². The molecule has 2 heterocycles. The molecule has 2 aromatic carbocycles. The van der Waals surface area contributed by atoms with E-state index in [0.29, 0.717) is 5.91 Å². The number of hydrogen-bond acceptors (Lipinski definition) is 1. The minimum atomic E-state index is 0.243. The molecule has 2 aliphatic rings. The number of nitrogens with one attached hydrogen (secondary N) is 2. The summed E-state index contributed by atoms with van der Waals surface area (Å²) in [6, 6.07) is 19.5. The Morgan fingerprint density at radius 1 is 0.862 bits per heavy atom. The van der Waals surface area contributed by atoms with Crippen LogP contribution in [0.5, 0.6) is 0 Å². The van der Waals surface area contributed by atoms with Crippen molar-refractivity contribution >= 4 is 5.91 Å². The van der Waals surface area contributed by atoms with Crippen molar-refractivity contribution < 1.29 is 14.6 Å². The number of carbonyl (C=O) groups excluding carboxylic acids is 1. The van der Waals surface area contributed by atoms with Gasteiger partial charge in [0.15, 0.2) is 0 Å². The fraction of sp³-hybridized carbons (Fsp3) is 0.480. The molecule has 0 saturated carbocycles. The third kappa shape index (κ3) is 5.46. The first-order chi connectivity index (χ1) is 14.2. The highest BCUT2D eigenvalue weighted by Crippen LogP contribution is 2.14. The van der Waals surface area contributed by atoms with Crippen LogP contribution in [0.3, 0.4) is 0 Å². The molecule has 0 bridgehead atoms. The summed E-state index contributed by atoms with van der Waals surface area (Å²) < 4.78 is 0. The predicted octanol–water partition coefficient (Wildman–Crippen LogP) is 0.717. The van der Waals surface area contributed by atoms with Crippen LogP contribution in [-0.2, 0) is 17.9 Å². The van der Waals surface area contributed by atoms with Crippen molar-refractivity contribution in [1.29, 1.82) is 0 Å². The predicted molar refractivity (Wildman–Crippen MR) is 116 cm³/mol. The lowest BCUT2D eigenvalue weighted by Crippen LogP contribution is -3.13. The molecule has 2 saturated heterocycles. The van der Waals surface area contributed by atoms with Crippen LogP contribution in [0.15, 0.2) is 54.6 Å². The Morgan fingerprint density at radius 2 is 1.48 bits per heavy atom. The van der Waals surface area contributed by atoms with Crippen LogP contribution in [-0.4, -0.2) is 50.1 Å². The van der Waals surface area contributed by atoms with Crippen molar-refractivity contribution in [3.63, 3.8) is 0 Å². The van der Waals surface area contributed by atoms with E-state index >= 15 is 0 Å². The number of aryl methyl sites for hydroxylation is 1. The van der Waals surface area contributed by atoms with E-state index in [2.05, 4.69) is 66.4 Å². The second kappa shape index (κ2) is 9.55. The van der Waals surface area contributed by atoms with Gasteiger partial charge in [-0.1, -0.05) is 60.2 Å². The quantitative estimate of drug-likeness (QED) is 0.770. The molecule has 2 fully saturated rings. The summed E-state index contributed by atoms with van der Waals surface area (Å²) >= 11 is 0. The van der Waals surface area contributed by atoms with E-state index in [9.17, 15) is 4.79 Å². The Balaban J connectivity index is 1.21. The van der Waals surface area contributed by atoms with Crippen molar-refractivity contribution in [2.24, 2.45) is 5.92 Å². The first-order valence-corrected chi connectivity index (χ1v) is 11.2. The van der Waals surface area contributed by atoms with Crippen molar-refractivity contribution in [2.45, 2.75) is 32.9 Å². The monoisotopic (exact) mass is 393 g/mol. The largest absolute Gasteiger partial charge is 0.331 e. The molecular formula is C25H35N3O+2. The molecule has 0 spiro atoms. The van der Waals surface area contributed by atoms with Crippen molar-refractivity contribution in [3.8, 4) is 0 Å². The first kappa shape index (κ1) is 20.1. The number of carbonyl (C=O) groups is 1. The van der Waals surface area contributed by atoms with Crippen LogP contribution in [0, 0.1) is 12.8 Å². The van der Waals surface area contributed by atoms with Crippen molar-refractivity contribution in [2.75, 3.05) is 39.3 Å². The summed E-state index contributed by atoms with van der Waals surface area (Å²) in [5.74, 6) is 0.658. The lowest BCUT2D eigenvalue weighted by Gasteiger charge is -2.36. The van der Waals surface area contributed by atoms with E-state index in [1.54, 1.807) is 9.80 Å². The lowest BCUT2D eigenvalue weighted by molar-refractivity contribution is -0.919. The number of benzene rings is 2. The van der Waals surface area contributed by atoms with Crippen LogP contribution in [0.1, 0.15) is 29.5 Å². The Hall–Kier alpha value is -2.17. The molecule has 4 heteroatoms. The van der Waals surface area contributed by atoms with E-state index in [4.69, 9.17) is 0 Å². The van der Waals surface area contributed by atoms with E-state index in [-0.39, 0.29) is 5.92 Å². The van der Waals surface area contributed by atoms with Crippen molar-refractivity contribution in [1.82, 2.24) is 4.90 Å². The third-order valence-corrected chi connectivity index (χ3v) is 6.66. The number of nitrogens with zero attached hydrogens (tertiary/aromatic N) is 1. The molecule has 2 N–H and O–H groups in total. The van der Waals surface area contributed by atoms with Gasteiger partial charge in [0.1, 0.15) is 13.1 Å². The summed E-state index contributed by atoms with van der Waals surface area (Å²) in [7, 11) is 0. The molecule has 4 nitrogen and oxygen atoms in total. The van der Waals surface area contributed by atoms with Crippen LogP contribution >= 0.6 is 0 Å². The molecule has 0 aromatic heterocycles. The van der Waals surface area contributed by atoms with Gasteiger partial charge < -0.3 is 14.7 Å². The van der Waals surface area contributed by atoms with Gasteiger partial charge in [-0.2, -0.15) is 0 Å². The van der Waals surface area contributed by atoms with E-state index in [1.165, 1.54) is 16.7 Å². The molecule has 4 rings (SSSR count). The fourth-order valence-corrected chi connectivity index (χ4v) is 4.92. The number of amides is 1. The lowest BCUT2D eigenvalue weighted by atomic mass is 9.94. The third-order valence-electron chi connectivity index (χ3n) is 6.66. The Labute approximate surface area is 175 Å². The number of hydrogen-bond donors (Lipinski definition) is 2. The molecule has 0 aliphatic carbocycles. The maximum atomic E-state index is 13.0. The van der Waals surface area contributed by atoms with Gasteiger partial charge >= 0.3 is 0 Å². The van der Waals surface area contributed by atoms with Gasteiger partial charge in [0.2, 0.25) is 5.91 Å². The van der Waals surface area contributed by atoms with E-state index < -0.39 is 0 Å². The molecule has 0 unspecified atom stereocenters. The van der Waals surface area contributed by atoms with Gasteiger partial charge in [0, 0.05) is 29.9 Å². The first-order valence-electron chi connectivity index (χ1n) is 11.2. The minimum Gasteiger partial charge on any atom is -0.331 e. The summed E-state index contributed by atoms with van der Waals surface area (Å²) in [6.07, 6.45) is 2.08. The maximum Gasteiger partial charge on any atom is 0.226 e. The van der Waals surface area contributed by atoms with Crippen LogP contribution < -0.4 is 9.80 Å². The molecule has 154 valence electrons. The highest BCUT2D eigenvalue weighted by molar-refractivity contribution is 5.79. The molecular weight excluding hydrogens is 358 g/mol. The Kier molecular flexibility index (Phi) is 6.63. The summed E-state index contributed by atoms with van der Waals surface area (Å²) in [5, 5.41) is 0. The number of quaternary nitrogens is 2. The Morgan fingerprint density at radius 3 is 2.17 bits per heavy atom. The highest BCUT2D eigenvalue weighted by atomic mass is 16.2. The van der Waals surface area contributed by atoms with Crippen molar-refractivity contribution in [3.05, 3.63) is 71.3 Å². The number of piperidine rings is 1. The molecule has 2 aliphatic heterocycles. The molecule has 1 amide bonds. The van der Waals surface area contributed by atoms with Crippen LogP contribution in [0.2, 0.25) is 0 Å². The molecule has 2 aromatic rings. The maximum absolute atomic E-state index is 13.0. The zero-order valence-electron chi connectivity index (χ0n) is 17.7. The molecule has 0 radical (unpaired) electrons. The zero-order chi connectivity index (χ0) is 20.1. The number of likely N-dealkylation sites (tertiary alicyclic amines) is 1. The van der Waals surface area contributed by atoms with E-state index in [0.717, 1.165) is 65.2 Å². The van der Waals surface area contributed by atoms with Gasteiger partial charge in [0.25, 0.3) is 0 Å². The topological polar surface area (TPSA) is 29.2 Å². The SMILES string of the molecule is Cc1cccc(C[NH+]2CCC(C(=O)N3CC[NH+](Cc4ccccc4)CC3)CC2)c1. The smallest absolute Gasteiger partial charge is 0.226 e. The van der Waals surface area contributed by atoms with Gasteiger partial charge in [-0.3, -0.25) is 4.79 Å². The normalized spacial score (nSPS) is 23.1. The Bertz CT molecular complexity index is 791. The number of rotatable bonds is 5. The summed E-state index contributed by atoms with van der Waals surface area (Å²) in [6.45, 7) is 10.5. The zero-order valence-corrected chi connectivity index (χ0v) is 17.7. The van der Waals surface area contributed by atoms with Gasteiger partial charge in [-0.05, 0) is 6.92 Å². The standard InChI is InChI=1S/C25H33N3O/c1-21-6-5-9-23(18-21)20-26-12-10-24(11-13-26)25(29)28-16-14-27(15-17-28)19-22-7-3-2-4-8-22/h2-9,18,24H,10-17,19-20H2,1H3/p+2. The van der Waals surface area contributed by atoms with Crippen LogP contribution in [0.25, 0.3) is 0 Å². The second-order valence-electron chi connectivity index (χ2n) is 8.93. The van der Waals surface area contributed by atoms with Gasteiger partial charge in [-0.25, -0.2) is 0 Å². The highest BCUT2D eigenvalue weighted by Gasteiger charge is 2.32. The average Bonchev–Trinajstić information content (AvgIpc) is 2.75. The second-order valence-corrected chi connectivity index (χ2v) is 8.93. The van der Waals surface area contributed by atoms with Gasteiger partial charge in [0.05, 0.1) is 39.3 Å². The summed E-state index contributed by atoms with van der Waals surface area (Å²) in [4.78, 5) is 18.4. The summed E-state index contributed by atoms with van der Waals surface area (Å²) in [5.41, 5.74) is 4.15. The van der Waals surface area contributed by atoms with Gasteiger partial charge in [-0.15, -0.1) is 0 Å². The molecule has 0 atom stereocenters. The molecule has 29 heavy (non-hydrogen) atoms. The average molecular weight is 394 g/mol. The van der Waals surface area contributed by atoms with Crippen LogP contribution in [0.4, 0.5) is 0 Å².